The van der Waals surface area contributed by atoms with Crippen molar-refractivity contribution in [3.63, 3.8) is 0 Å². The molecule has 0 N–H and O–H groups in total. The fourth-order valence-electron chi connectivity index (χ4n) is 3.38. The molecule has 1 heterocycles. The molecule has 3 aromatic rings. The topological polar surface area (TPSA) is 27.7 Å². The van der Waals surface area contributed by atoms with Gasteiger partial charge in [0.15, 0.2) is 4.93 Å². The molecule has 1 atom stereocenters. The van der Waals surface area contributed by atoms with Gasteiger partial charge in [0.05, 0.1) is 26.1 Å². The highest BCUT2D eigenvalue weighted by Crippen LogP contribution is 2.56. The number of thioether (sulfide) groups is 1. The summed E-state index contributed by atoms with van der Waals surface area (Å²) in [6.07, 6.45) is 0. The number of hydrogen-bond donors (Lipinski definition) is 0. The van der Waals surface area contributed by atoms with Gasteiger partial charge in [-0.25, -0.2) is 0 Å². The van der Waals surface area contributed by atoms with Crippen molar-refractivity contribution in [2.45, 2.75) is 10.2 Å². The van der Waals surface area contributed by atoms with Crippen molar-refractivity contribution in [2.75, 3.05) is 20.8 Å². The molecular weight excluding hydrogens is 356 g/mol. The lowest BCUT2D eigenvalue weighted by Crippen LogP contribution is -2.23. The average Bonchev–Trinajstić information content (AvgIpc) is 3.21. The average molecular weight is 378 g/mol. The van der Waals surface area contributed by atoms with Crippen LogP contribution in [0.1, 0.15) is 21.9 Å². The highest BCUT2D eigenvalue weighted by atomic mass is 32.2. The van der Waals surface area contributed by atoms with E-state index in [0.717, 1.165) is 22.6 Å². The van der Waals surface area contributed by atoms with E-state index in [0.29, 0.717) is 6.61 Å². The second-order valence-electron chi connectivity index (χ2n) is 6.40. The standard InChI is InChI=1S/C23H22O3S/c1-24-20-12-8-18(9-13-20)23(19-10-14-21(25-2)15-11-19)26-16-22(27-23)17-6-4-3-5-7-17/h3-15,22H,16H2,1-2H3. The van der Waals surface area contributed by atoms with Gasteiger partial charge in [0.2, 0.25) is 0 Å². The summed E-state index contributed by atoms with van der Waals surface area (Å²) in [5, 5.41) is 0.274. The van der Waals surface area contributed by atoms with Gasteiger partial charge in [-0.05, 0) is 41.0 Å². The third-order valence-corrected chi connectivity index (χ3v) is 6.47. The van der Waals surface area contributed by atoms with E-state index in [2.05, 4.69) is 48.5 Å². The lowest BCUT2D eigenvalue weighted by molar-refractivity contribution is 0.0732. The van der Waals surface area contributed by atoms with Crippen LogP contribution in [0.2, 0.25) is 0 Å². The number of hydrogen-bond acceptors (Lipinski definition) is 4. The van der Waals surface area contributed by atoms with E-state index in [1.165, 1.54) is 5.56 Å². The molecule has 0 radical (unpaired) electrons. The quantitative estimate of drug-likeness (QED) is 0.593. The summed E-state index contributed by atoms with van der Waals surface area (Å²) >= 11 is 1.84. The molecule has 4 rings (SSSR count). The van der Waals surface area contributed by atoms with Crippen LogP contribution in [0.5, 0.6) is 11.5 Å². The third kappa shape index (κ3) is 3.43. The smallest absolute Gasteiger partial charge is 0.165 e. The van der Waals surface area contributed by atoms with Crippen LogP contribution in [0, 0.1) is 0 Å². The van der Waals surface area contributed by atoms with Gasteiger partial charge in [0.25, 0.3) is 0 Å². The first-order valence-electron chi connectivity index (χ1n) is 8.91. The van der Waals surface area contributed by atoms with Gasteiger partial charge in [0, 0.05) is 0 Å². The van der Waals surface area contributed by atoms with Crippen LogP contribution in [-0.2, 0) is 9.67 Å². The van der Waals surface area contributed by atoms with Gasteiger partial charge < -0.3 is 14.2 Å². The molecule has 1 unspecified atom stereocenters. The highest BCUT2D eigenvalue weighted by Gasteiger charge is 2.45. The van der Waals surface area contributed by atoms with Gasteiger partial charge in [-0.2, -0.15) is 0 Å². The molecule has 1 aliphatic rings. The van der Waals surface area contributed by atoms with Crippen molar-refractivity contribution in [3.8, 4) is 11.5 Å². The van der Waals surface area contributed by atoms with Gasteiger partial charge in [0.1, 0.15) is 11.5 Å². The first-order valence-corrected chi connectivity index (χ1v) is 9.79. The first-order chi connectivity index (χ1) is 13.2. The summed E-state index contributed by atoms with van der Waals surface area (Å²) in [5.74, 6) is 1.68. The minimum absolute atomic E-state index is 0.274. The predicted octanol–water partition coefficient (Wildman–Crippen LogP) is 5.41. The molecule has 0 amide bonds. The van der Waals surface area contributed by atoms with Crippen LogP contribution in [0.3, 0.4) is 0 Å². The van der Waals surface area contributed by atoms with E-state index >= 15 is 0 Å². The molecule has 3 aromatic carbocycles. The van der Waals surface area contributed by atoms with Crippen molar-refractivity contribution in [1.82, 2.24) is 0 Å². The normalized spacial score (nSPS) is 18.2. The number of benzene rings is 3. The Morgan fingerprint density at radius 2 is 1.30 bits per heavy atom. The van der Waals surface area contributed by atoms with Crippen LogP contribution in [0.4, 0.5) is 0 Å². The SMILES string of the molecule is COc1ccc(C2(c3ccc(OC)cc3)OCC(c3ccccc3)S2)cc1. The molecule has 1 fully saturated rings. The Kier molecular flexibility index (Phi) is 5.10. The fourth-order valence-corrected chi connectivity index (χ4v) is 4.89. The van der Waals surface area contributed by atoms with Crippen LogP contribution in [0.15, 0.2) is 78.9 Å². The number of methoxy groups -OCH3 is 2. The van der Waals surface area contributed by atoms with Gasteiger partial charge >= 0.3 is 0 Å². The van der Waals surface area contributed by atoms with Gasteiger partial charge in [-0.1, -0.05) is 54.6 Å². The fraction of sp³-hybridized carbons (Fsp3) is 0.217. The van der Waals surface area contributed by atoms with Crippen LogP contribution < -0.4 is 9.47 Å². The van der Waals surface area contributed by atoms with Crippen LogP contribution >= 0.6 is 11.8 Å². The Labute approximate surface area is 164 Å². The zero-order valence-corrected chi connectivity index (χ0v) is 16.2. The van der Waals surface area contributed by atoms with E-state index < -0.39 is 4.93 Å². The molecule has 0 aliphatic carbocycles. The molecule has 3 nitrogen and oxygen atoms in total. The molecule has 0 aromatic heterocycles. The number of ether oxygens (including phenoxy) is 3. The molecule has 1 saturated heterocycles. The largest absolute Gasteiger partial charge is 0.497 e. The maximum absolute atomic E-state index is 6.51. The zero-order valence-electron chi connectivity index (χ0n) is 15.4. The van der Waals surface area contributed by atoms with Gasteiger partial charge in [-0.15, -0.1) is 11.8 Å². The summed E-state index contributed by atoms with van der Waals surface area (Å²) < 4.78 is 17.2. The van der Waals surface area contributed by atoms with E-state index in [1.54, 1.807) is 14.2 Å². The van der Waals surface area contributed by atoms with E-state index in [1.807, 2.05) is 42.1 Å². The minimum Gasteiger partial charge on any atom is -0.497 e. The second-order valence-corrected chi connectivity index (χ2v) is 7.78. The maximum Gasteiger partial charge on any atom is 0.165 e. The van der Waals surface area contributed by atoms with Gasteiger partial charge in [-0.3, -0.25) is 0 Å². The number of rotatable bonds is 5. The molecule has 1 aliphatic heterocycles. The van der Waals surface area contributed by atoms with Crippen LogP contribution in [-0.4, -0.2) is 20.8 Å². The summed E-state index contributed by atoms with van der Waals surface area (Å²) in [7, 11) is 3.36. The third-order valence-electron chi connectivity index (χ3n) is 4.86. The first kappa shape index (κ1) is 18.0. The Morgan fingerprint density at radius 1 is 0.778 bits per heavy atom. The lowest BCUT2D eigenvalue weighted by Gasteiger charge is -2.29. The summed E-state index contributed by atoms with van der Waals surface area (Å²) in [5.41, 5.74) is 3.50. The van der Waals surface area contributed by atoms with Crippen molar-refractivity contribution < 1.29 is 14.2 Å². The zero-order chi connectivity index (χ0) is 18.7. The molecule has 0 bridgehead atoms. The predicted molar refractivity (Wildman–Crippen MR) is 109 cm³/mol. The summed E-state index contributed by atoms with van der Waals surface area (Å²) in [6, 6.07) is 26.8. The molecule has 0 saturated carbocycles. The lowest BCUT2D eigenvalue weighted by atomic mass is 10.00. The van der Waals surface area contributed by atoms with Crippen molar-refractivity contribution >= 4 is 11.8 Å². The molecule has 27 heavy (non-hydrogen) atoms. The van der Waals surface area contributed by atoms with E-state index in [4.69, 9.17) is 14.2 Å². The van der Waals surface area contributed by atoms with Crippen molar-refractivity contribution in [2.24, 2.45) is 0 Å². The van der Waals surface area contributed by atoms with Crippen LogP contribution in [0.25, 0.3) is 0 Å². The maximum atomic E-state index is 6.51. The summed E-state index contributed by atoms with van der Waals surface area (Å²) in [4.78, 5) is -0.556. The Bertz CT molecular complexity index is 828. The Morgan fingerprint density at radius 3 is 1.78 bits per heavy atom. The molecule has 4 heteroatoms. The molecule has 138 valence electrons. The van der Waals surface area contributed by atoms with E-state index in [9.17, 15) is 0 Å². The molecular formula is C23H22O3S. The summed E-state index contributed by atoms with van der Waals surface area (Å²) in [6.45, 7) is 0.659. The Balaban J connectivity index is 1.75. The minimum atomic E-state index is -0.556. The monoisotopic (exact) mass is 378 g/mol. The second kappa shape index (κ2) is 7.67. The van der Waals surface area contributed by atoms with Crippen molar-refractivity contribution in [3.05, 3.63) is 95.6 Å². The van der Waals surface area contributed by atoms with Crippen molar-refractivity contribution in [1.29, 1.82) is 0 Å². The molecule has 0 spiro atoms. The van der Waals surface area contributed by atoms with E-state index in [-0.39, 0.29) is 5.25 Å². The Hall–Kier alpha value is -2.43. The highest BCUT2D eigenvalue weighted by molar-refractivity contribution is 8.00.